The second-order valence-corrected chi connectivity index (χ2v) is 4.75. The molecule has 15 heavy (non-hydrogen) atoms. The van der Waals surface area contributed by atoms with Gasteiger partial charge in [0.15, 0.2) is 5.78 Å². The second kappa shape index (κ2) is 4.82. The quantitative estimate of drug-likeness (QED) is 0.712. The molecule has 84 valence electrons. The molecule has 0 saturated heterocycles. The van der Waals surface area contributed by atoms with Crippen molar-refractivity contribution in [1.29, 1.82) is 0 Å². The number of Topliss-reactive ketones (excluding diaryl/α,β-unsaturated/α-hetero) is 1. The molecule has 0 bridgehead atoms. The SMILES string of the molecule is CCC1CCC(C(=O)C2=COCC2)CC1. The molecule has 0 aromatic rings. The maximum Gasteiger partial charge on any atom is 0.165 e. The van der Waals surface area contributed by atoms with Gasteiger partial charge in [0, 0.05) is 17.9 Å². The van der Waals surface area contributed by atoms with Crippen LogP contribution in [0.25, 0.3) is 0 Å². The van der Waals surface area contributed by atoms with E-state index in [0.717, 1.165) is 30.8 Å². The topological polar surface area (TPSA) is 26.3 Å². The summed E-state index contributed by atoms with van der Waals surface area (Å²) in [6.07, 6.45) is 8.43. The Labute approximate surface area is 91.7 Å². The first kappa shape index (κ1) is 10.7. The van der Waals surface area contributed by atoms with Crippen LogP contribution in [0.1, 0.15) is 45.4 Å². The van der Waals surface area contributed by atoms with Crippen LogP contribution in [0.5, 0.6) is 0 Å². The zero-order valence-corrected chi connectivity index (χ0v) is 9.50. The summed E-state index contributed by atoms with van der Waals surface area (Å²) < 4.78 is 5.13. The summed E-state index contributed by atoms with van der Waals surface area (Å²) in [6, 6.07) is 0. The van der Waals surface area contributed by atoms with Crippen molar-refractivity contribution in [2.75, 3.05) is 6.61 Å². The molecule has 2 heteroatoms. The molecule has 1 aliphatic carbocycles. The number of ether oxygens (including phenoxy) is 1. The Bertz CT molecular complexity index is 260. The van der Waals surface area contributed by atoms with Crippen LogP contribution in [0.3, 0.4) is 0 Å². The van der Waals surface area contributed by atoms with E-state index in [9.17, 15) is 4.79 Å². The molecule has 1 fully saturated rings. The van der Waals surface area contributed by atoms with Crippen molar-refractivity contribution in [3.63, 3.8) is 0 Å². The van der Waals surface area contributed by atoms with Crippen LogP contribution in [0, 0.1) is 11.8 Å². The summed E-state index contributed by atoms with van der Waals surface area (Å²) in [5.41, 5.74) is 0.926. The minimum absolute atomic E-state index is 0.292. The van der Waals surface area contributed by atoms with E-state index in [-0.39, 0.29) is 0 Å². The summed E-state index contributed by atoms with van der Waals surface area (Å²) in [5, 5.41) is 0. The third kappa shape index (κ3) is 2.42. The Hall–Kier alpha value is -0.790. The van der Waals surface area contributed by atoms with Crippen LogP contribution in [-0.4, -0.2) is 12.4 Å². The van der Waals surface area contributed by atoms with E-state index in [4.69, 9.17) is 4.74 Å². The van der Waals surface area contributed by atoms with Gasteiger partial charge in [-0.25, -0.2) is 0 Å². The zero-order valence-electron chi connectivity index (χ0n) is 9.50. The fraction of sp³-hybridized carbons (Fsp3) is 0.769. The minimum Gasteiger partial charge on any atom is -0.500 e. The van der Waals surface area contributed by atoms with Gasteiger partial charge in [0.1, 0.15) is 0 Å². The summed E-state index contributed by atoms with van der Waals surface area (Å²) in [7, 11) is 0. The number of carbonyl (C=O) groups is 1. The number of rotatable bonds is 3. The molecule has 1 aliphatic heterocycles. The molecule has 0 amide bonds. The predicted octanol–water partition coefficient (Wildman–Crippen LogP) is 3.08. The molecule has 0 spiro atoms. The van der Waals surface area contributed by atoms with Gasteiger partial charge in [-0.2, -0.15) is 0 Å². The lowest BCUT2D eigenvalue weighted by atomic mass is 9.77. The van der Waals surface area contributed by atoms with Crippen molar-refractivity contribution >= 4 is 5.78 Å². The largest absolute Gasteiger partial charge is 0.500 e. The first-order valence-electron chi connectivity index (χ1n) is 6.16. The number of hydrogen-bond acceptors (Lipinski definition) is 2. The maximum absolute atomic E-state index is 12.0. The fourth-order valence-corrected chi connectivity index (χ4v) is 2.66. The van der Waals surface area contributed by atoms with Crippen molar-refractivity contribution in [1.82, 2.24) is 0 Å². The summed E-state index contributed by atoms with van der Waals surface area (Å²) in [6.45, 7) is 2.95. The highest BCUT2D eigenvalue weighted by atomic mass is 16.5. The normalized spacial score (nSPS) is 30.9. The van der Waals surface area contributed by atoms with Gasteiger partial charge in [0.25, 0.3) is 0 Å². The van der Waals surface area contributed by atoms with E-state index in [2.05, 4.69) is 6.92 Å². The van der Waals surface area contributed by atoms with Gasteiger partial charge in [-0.1, -0.05) is 13.3 Å². The molecule has 0 radical (unpaired) electrons. The molecule has 0 aromatic heterocycles. The molecule has 0 N–H and O–H groups in total. The lowest BCUT2D eigenvalue weighted by Gasteiger charge is -2.26. The van der Waals surface area contributed by atoms with Gasteiger partial charge in [-0.05, 0) is 31.6 Å². The van der Waals surface area contributed by atoms with Crippen molar-refractivity contribution in [2.24, 2.45) is 11.8 Å². The Morgan fingerprint density at radius 3 is 2.67 bits per heavy atom. The van der Waals surface area contributed by atoms with E-state index >= 15 is 0 Å². The van der Waals surface area contributed by atoms with Crippen LogP contribution in [-0.2, 0) is 9.53 Å². The molecule has 2 rings (SSSR count). The van der Waals surface area contributed by atoms with Gasteiger partial charge in [-0.3, -0.25) is 4.79 Å². The number of hydrogen-bond donors (Lipinski definition) is 0. The number of ketones is 1. The third-order valence-electron chi connectivity index (χ3n) is 3.83. The van der Waals surface area contributed by atoms with E-state index in [1.807, 2.05) is 0 Å². The fourth-order valence-electron chi connectivity index (χ4n) is 2.66. The molecule has 0 aromatic carbocycles. The van der Waals surface area contributed by atoms with Gasteiger partial charge >= 0.3 is 0 Å². The Morgan fingerprint density at radius 1 is 1.40 bits per heavy atom. The molecule has 1 saturated carbocycles. The van der Waals surface area contributed by atoms with Gasteiger partial charge in [0.05, 0.1) is 12.9 Å². The average Bonchev–Trinajstić information content (AvgIpc) is 2.82. The molecule has 0 atom stereocenters. The zero-order chi connectivity index (χ0) is 10.7. The third-order valence-corrected chi connectivity index (χ3v) is 3.83. The van der Waals surface area contributed by atoms with Crippen molar-refractivity contribution < 1.29 is 9.53 Å². The Balaban J connectivity index is 1.87. The molecular weight excluding hydrogens is 188 g/mol. The first-order chi connectivity index (χ1) is 7.31. The second-order valence-electron chi connectivity index (χ2n) is 4.75. The molecule has 0 unspecified atom stereocenters. The van der Waals surface area contributed by atoms with Crippen LogP contribution >= 0.6 is 0 Å². The summed E-state index contributed by atoms with van der Waals surface area (Å²) in [4.78, 5) is 12.0. The van der Waals surface area contributed by atoms with Crippen molar-refractivity contribution in [3.8, 4) is 0 Å². The van der Waals surface area contributed by atoms with Crippen LogP contribution in [0.15, 0.2) is 11.8 Å². The van der Waals surface area contributed by atoms with Gasteiger partial charge in [-0.15, -0.1) is 0 Å². The highest BCUT2D eigenvalue weighted by Gasteiger charge is 2.28. The predicted molar refractivity (Wildman–Crippen MR) is 59.4 cm³/mol. The lowest BCUT2D eigenvalue weighted by Crippen LogP contribution is -2.22. The first-order valence-corrected chi connectivity index (χ1v) is 6.16. The van der Waals surface area contributed by atoms with Crippen LogP contribution < -0.4 is 0 Å². The molecule has 2 aliphatic rings. The van der Waals surface area contributed by atoms with Crippen LogP contribution in [0.2, 0.25) is 0 Å². The summed E-state index contributed by atoms with van der Waals surface area (Å²) >= 11 is 0. The van der Waals surface area contributed by atoms with E-state index in [1.165, 1.54) is 19.3 Å². The molecule has 2 nitrogen and oxygen atoms in total. The average molecular weight is 208 g/mol. The van der Waals surface area contributed by atoms with E-state index in [1.54, 1.807) is 6.26 Å². The van der Waals surface area contributed by atoms with E-state index in [0.29, 0.717) is 18.3 Å². The van der Waals surface area contributed by atoms with Crippen molar-refractivity contribution in [3.05, 3.63) is 11.8 Å². The van der Waals surface area contributed by atoms with Crippen LogP contribution in [0.4, 0.5) is 0 Å². The highest BCUT2D eigenvalue weighted by molar-refractivity contribution is 5.97. The smallest absolute Gasteiger partial charge is 0.165 e. The highest BCUT2D eigenvalue weighted by Crippen LogP contribution is 2.33. The minimum atomic E-state index is 0.292. The summed E-state index contributed by atoms with van der Waals surface area (Å²) in [5.74, 6) is 1.52. The van der Waals surface area contributed by atoms with E-state index < -0.39 is 0 Å². The van der Waals surface area contributed by atoms with Gasteiger partial charge in [0.2, 0.25) is 0 Å². The van der Waals surface area contributed by atoms with Gasteiger partial charge < -0.3 is 4.74 Å². The number of carbonyl (C=O) groups excluding carboxylic acids is 1. The monoisotopic (exact) mass is 208 g/mol. The van der Waals surface area contributed by atoms with Crippen molar-refractivity contribution in [2.45, 2.75) is 45.4 Å². The Kier molecular flexibility index (Phi) is 3.45. The molecule has 1 heterocycles. The lowest BCUT2D eigenvalue weighted by molar-refractivity contribution is -0.120. The molecular formula is C13H20O2. The maximum atomic E-state index is 12.0. The standard InChI is InChI=1S/C13H20O2/c1-2-10-3-5-11(6-4-10)13(14)12-7-8-15-9-12/h9-11H,2-8H2,1H3. The Morgan fingerprint density at radius 2 is 2.13 bits per heavy atom.